The summed E-state index contributed by atoms with van der Waals surface area (Å²) >= 11 is 0. The van der Waals surface area contributed by atoms with Gasteiger partial charge in [0.1, 0.15) is 6.10 Å². The van der Waals surface area contributed by atoms with E-state index in [1.54, 1.807) is 11.8 Å². The number of ether oxygens (including phenoxy) is 3. The fourth-order valence-corrected chi connectivity index (χ4v) is 2.48. The highest BCUT2D eigenvalue weighted by atomic mass is 16.6. The number of carbonyl (C=O) groups is 3. The summed E-state index contributed by atoms with van der Waals surface area (Å²) in [5.41, 5.74) is 0. The summed E-state index contributed by atoms with van der Waals surface area (Å²) in [6.45, 7) is 4.40. The first-order chi connectivity index (χ1) is 9.97. The van der Waals surface area contributed by atoms with Crippen molar-refractivity contribution in [3.8, 4) is 0 Å². The maximum absolute atomic E-state index is 11.6. The van der Waals surface area contributed by atoms with Gasteiger partial charge in [0.25, 0.3) is 0 Å². The Labute approximate surface area is 124 Å². The number of nitrogens with zero attached hydrogens (tertiary/aromatic N) is 1. The second-order valence-electron chi connectivity index (χ2n) is 4.95. The normalized spacial score (nSPS) is 17.0. The summed E-state index contributed by atoms with van der Waals surface area (Å²) in [6.07, 6.45) is 0.513. The molecule has 7 heteroatoms. The van der Waals surface area contributed by atoms with Crippen molar-refractivity contribution < 1.29 is 28.6 Å². The third-order valence-electron chi connectivity index (χ3n) is 3.49. The van der Waals surface area contributed by atoms with Crippen LogP contribution in [0, 0.1) is 5.92 Å². The quantitative estimate of drug-likeness (QED) is 0.563. The molecule has 21 heavy (non-hydrogen) atoms. The molecule has 1 saturated heterocycles. The Morgan fingerprint density at radius 3 is 2.33 bits per heavy atom. The van der Waals surface area contributed by atoms with Gasteiger partial charge in [-0.3, -0.25) is 9.59 Å². The van der Waals surface area contributed by atoms with E-state index in [4.69, 9.17) is 9.47 Å². The zero-order chi connectivity index (χ0) is 15.8. The molecule has 0 aliphatic carbocycles. The third kappa shape index (κ3) is 5.61. The van der Waals surface area contributed by atoms with Gasteiger partial charge in [0.15, 0.2) is 0 Å². The van der Waals surface area contributed by atoms with Crippen LogP contribution in [0.5, 0.6) is 0 Å². The number of esters is 2. The molecule has 1 rings (SSSR count). The summed E-state index contributed by atoms with van der Waals surface area (Å²) in [6, 6.07) is 0. The van der Waals surface area contributed by atoms with E-state index >= 15 is 0 Å². The van der Waals surface area contributed by atoms with E-state index in [9.17, 15) is 14.4 Å². The number of methoxy groups -OCH3 is 1. The van der Waals surface area contributed by atoms with Gasteiger partial charge in [0.2, 0.25) is 0 Å². The number of piperidine rings is 1. The van der Waals surface area contributed by atoms with Crippen molar-refractivity contribution >= 4 is 18.0 Å². The highest BCUT2D eigenvalue weighted by molar-refractivity contribution is 5.71. The summed E-state index contributed by atoms with van der Waals surface area (Å²) < 4.78 is 14.8. The van der Waals surface area contributed by atoms with E-state index in [1.165, 1.54) is 14.0 Å². The van der Waals surface area contributed by atoms with Gasteiger partial charge in [0.05, 0.1) is 20.1 Å². The molecule has 1 fully saturated rings. The molecule has 1 unspecified atom stereocenters. The van der Waals surface area contributed by atoms with Crippen LogP contribution in [-0.4, -0.2) is 55.8 Å². The van der Waals surface area contributed by atoms with Crippen molar-refractivity contribution in [3.05, 3.63) is 0 Å². The van der Waals surface area contributed by atoms with Crippen LogP contribution in [-0.2, 0) is 23.8 Å². The molecule has 0 spiro atoms. The largest absolute Gasteiger partial charge is 0.466 e. The molecule has 1 amide bonds. The first-order valence-corrected chi connectivity index (χ1v) is 7.13. The van der Waals surface area contributed by atoms with Gasteiger partial charge in [-0.05, 0) is 25.7 Å². The Hall–Kier alpha value is -1.79. The number of likely N-dealkylation sites (tertiary alicyclic amines) is 1. The minimum absolute atomic E-state index is 0.0409. The molecule has 1 atom stereocenters. The highest BCUT2D eigenvalue weighted by Crippen LogP contribution is 2.25. The van der Waals surface area contributed by atoms with Crippen molar-refractivity contribution in [2.75, 3.05) is 26.8 Å². The summed E-state index contributed by atoms with van der Waals surface area (Å²) in [5, 5.41) is 0. The summed E-state index contributed by atoms with van der Waals surface area (Å²) in [4.78, 5) is 35.8. The van der Waals surface area contributed by atoms with E-state index < -0.39 is 12.1 Å². The monoisotopic (exact) mass is 301 g/mol. The molecule has 0 aromatic heterocycles. The average Bonchev–Trinajstić information content (AvgIpc) is 2.45. The molecule has 1 heterocycles. The predicted octanol–water partition coefficient (Wildman–Crippen LogP) is 1.35. The van der Waals surface area contributed by atoms with Crippen LogP contribution in [0.1, 0.15) is 33.1 Å². The molecule has 7 nitrogen and oxygen atoms in total. The van der Waals surface area contributed by atoms with Crippen molar-refractivity contribution in [2.45, 2.75) is 39.2 Å². The van der Waals surface area contributed by atoms with Crippen LogP contribution in [0.4, 0.5) is 4.79 Å². The Morgan fingerprint density at radius 1 is 1.24 bits per heavy atom. The van der Waals surface area contributed by atoms with E-state index in [2.05, 4.69) is 4.74 Å². The molecule has 0 bridgehead atoms. The first-order valence-electron chi connectivity index (χ1n) is 7.13. The van der Waals surface area contributed by atoms with Crippen LogP contribution in [0.3, 0.4) is 0 Å². The predicted molar refractivity (Wildman–Crippen MR) is 73.5 cm³/mol. The maximum Gasteiger partial charge on any atom is 0.409 e. The molecule has 0 N–H and O–H groups in total. The summed E-state index contributed by atoms with van der Waals surface area (Å²) in [7, 11) is 1.34. The number of carbonyl (C=O) groups excluding carboxylic acids is 3. The SMILES string of the molecule is CCOC(=O)CC(OC(C)=O)C1CCN(C(=O)OC)CC1. The number of rotatable bonds is 5. The van der Waals surface area contributed by atoms with Gasteiger partial charge >= 0.3 is 18.0 Å². The van der Waals surface area contributed by atoms with Crippen LogP contribution in [0.15, 0.2) is 0 Å². The molecule has 0 saturated carbocycles. The molecule has 0 radical (unpaired) electrons. The lowest BCUT2D eigenvalue weighted by atomic mass is 9.89. The molecular formula is C14H23NO6. The fraction of sp³-hybridized carbons (Fsp3) is 0.786. The minimum atomic E-state index is -0.499. The zero-order valence-electron chi connectivity index (χ0n) is 12.8. The molecule has 120 valence electrons. The van der Waals surface area contributed by atoms with Crippen LogP contribution in [0.2, 0.25) is 0 Å². The second-order valence-corrected chi connectivity index (χ2v) is 4.95. The van der Waals surface area contributed by atoms with Crippen molar-refractivity contribution in [1.82, 2.24) is 4.90 Å². The van der Waals surface area contributed by atoms with Gasteiger partial charge in [-0.2, -0.15) is 0 Å². The number of amides is 1. The lowest BCUT2D eigenvalue weighted by molar-refractivity contribution is -0.157. The fourth-order valence-electron chi connectivity index (χ4n) is 2.48. The Bertz CT molecular complexity index is 376. The summed E-state index contributed by atoms with van der Waals surface area (Å²) in [5.74, 6) is -0.752. The average molecular weight is 301 g/mol. The Balaban J connectivity index is 2.57. The molecule has 1 aliphatic rings. The van der Waals surface area contributed by atoms with E-state index in [-0.39, 0.29) is 24.4 Å². The van der Waals surface area contributed by atoms with Crippen molar-refractivity contribution in [1.29, 1.82) is 0 Å². The first kappa shape index (κ1) is 17.3. The van der Waals surface area contributed by atoms with Crippen molar-refractivity contribution in [3.63, 3.8) is 0 Å². The maximum atomic E-state index is 11.6. The Morgan fingerprint density at radius 2 is 1.86 bits per heavy atom. The lowest BCUT2D eigenvalue weighted by Gasteiger charge is -2.34. The van der Waals surface area contributed by atoms with E-state index in [0.29, 0.717) is 32.5 Å². The van der Waals surface area contributed by atoms with Crippen LogP contribution in [0.25, 0.3) is 0 Å². The standard InChI is InChI=1S/C14H23NO6/c1-4-20-13(17)9-12(21-10(2)16)11-5-7-15(8-6-11)14(18)19-3/h11-12H,4-9H2,1-3H3. The molecular weight excluding hydrogens is 278 g/mol. The number of hydrogen-bond acceptors (Lipinski definition) is 6. The minimum Gasteiger partial charge on any atom is -0.466 e. The van der Waals surface area contributed by atoms with Crippen LogP contribution >= 0.6 is 0 Å². The lowest BCUT2D eigenvalue weighted by Crippen LogP contribution is -2.42. The highest BCUT2D eigenvalue weighted by Gasteiger charge is 2.32. The molecule has 0 aromatic rings. The topological polar surface area (TPSA) is 82.1 Å². The Kier molecular flexibility index (Phi) is 6.98. The van der Waals surface area contributed by atoms with E-state index in [0.717, 1.165) is 0 Å². The van der Waals surface area contributed by atoms with Gasteiger partial charge < -0.3 is 19.1 Å². The zero-order valence-corrected chi connectivity index (χ0v) is 12.8. The second kappa shape index (κ2) is 8.49. The third-order valence-corrected chi connectivity index (χ3v) is 3.49. The number of hydrogen-bond donors (Lipinski definition) is 0. The van der Waals surface area contributed by atoms with Gasteiger partial charge in [-0.1, -0.05) is 0 Å². The molecule has 0 aromatic carbocycles. The van der Waals surface area contributed by atoms with Gasteiger partial charge in [0, 0.05) is 20.0 Å². The van der Waals surface area contributed by atoms with E-state index in [1.807, 2.05) is 0 Å². The van der Waals surface area contributed by atoms with Gasteiger partial charge in [-0.25, -0.2) is 4.79 Å². The molecule has 1 aliphatic heterocycles. The van der Waals surface area contributed by atoms with Crippen molar-refractivity contribution in [2.24, 2.45) is 5.92 Å². The van der Waals surface area contributed by atoms with Gasteiger partial charge in [-0.15, -0.1) is 0 Å². The smallest absolute Gasteiger partial charge is 0.409 e. The van der Waals surface area contributed by atoms with Crippen LogP contribution < -0.4 is 0 Å².